The summed E-state index contributed by atoms with van der Waals surface area (Å²) in [7, 11) is 1.92. The number of ether oxygens (including phenoxy) is 2. The van der Waals surface area contributed by atoms with E-state index >= 15 is 0 Å². The van der Waals surface area contributed by atoms with Crippen molar-refractivity contribution in [2.75, 3.05) is 7.05 Å². The number of fused-ring (bicyclic) bond motifs is 1. The molecular weight excluding hydrogens is 257 g/mol. The third-order valence-corrected chi connectivity index (χ3v) is 4.38. The third-order valence-electron chi connectivity index (χ3n) is 4.38. The summed E-state index contributed by atoms with van der Waals surface area (Å²) in [6.07, 6.45) is 3.01. The summed E-state index contributed by atoms with van der Waals surface area (Å²) in [4.78, 5) is 0. The molecule has 0 aromatic heterocycles. The van der Waals surface area contributed by atoms with Crippen molar-refractivity contribution < 1.29 is 13.9 Å². The van der Waals surface area contributed by atoms with Crippen molar-refractivity contribution in [3.63, 3.8) is 0 Å². The Kier molecular flexibility index (Phi) is 3.46. The van der Waals surface area contributed by atoms with Gasteiger partial charge < -0.3 is 14.8 Å². The van der Waals surface area contributed by atoms with Gasteiger partial charge in [-0.25, -0.2) is 4.39 Å². The van der Waals surface area contributed by atoms with Gasteiger partial charge in [0.15, 0.2) is 0 Å². The molecule has 4 heteroatoms. The van der Waals surface area contributed by atoms with Crippen LogP contribution >= 0.6 is 0 Å². The standard InChI is InChI=1S/C16H22FNO2/c1-10-7-16(8-11(2)19-10)9-14(18-3)13-6-12(17)4-5-15(13)20-16/h4-6,10-11,14,18H,7-9H2,1-3H3. The molecule has 0 bridgehead atoms. The van der Waals surface area contributed by atoms with E-state index in [9.17, 15) is 4.39 Å². The van der Waals surface area contributed by atoms with Gasteiger partial charge >= 0.3 is 0 Å². The first kappa shape index (κ1) is 13.8. The third kappa shape index (κ3) is 2.42. The SMILES string of the molecule is CNC1CC2(CC(C)OC(C)C2)Oc2ccc(F)cc21. The number of hydrogen-bond donors (Lipinski definition) is 1. The second-order valence-electron chi connectivity index (χ2n) is 6.18. The molecule has 3 unspecified atom stereocenters. The lowest BCUT2D eigenvalue weighted by atomic mass is 9.78. The minimum Gasteiger partial charge on any atom is -0.487 e. The molecule has 0 aliphatic carbocycles. The van der Waals surface area contributed by atoms with Gasteiger partial charge in [0.05, 0.1) is 12.2 Å². The Bertz CT molecular complexity index is 495. The Hall–Kier alpha value is -1.13. The summed E-state index contributed by atoms with van der Waals surface area (Å²) in [6.45, 7) is 4.19. The quantitative estimate of drug-likeness (QED) is 0.856. The highest BCUT2D eigenvalue weighted by Gasteiger charge is 2.45. The summed E-state index contributed by atoms with van der Waals surface area (Å²) in [5, 5.41) is 3.30. The zero-order valence-corrected chi connectivity index (χ0v) is 12.3. The van der Waals surface area contributed by atoms with Gasteiger partial charge in [-0.15, -0.1) is 0 Å². The van der Waals surface area contributed by atoms with E-state index in [1.54, 1.807) is 12.1 Å². The van der Waals surface area contributed by atoms with Gasteiger partial charge in [-0.05, 0) is 39.1 Å². The van der Waals surface area contributed by atoms with Crippen LogP contribution in [0.3, 0.4) is 0 Å². The summed E-state index contributed by atoms with van der Waals surface area (Å²) in [6, 6.07) is 4.93. The smallest absolute Gasteiger partial charge is 0.125 e. The van der Waals surface area contributed by atoms with Crippen LogP contribution in [0, 0.1) is 5.82 Å². The van der Waals surface area contributed by atoms with Crippen LogP contribution in [0.2, 0.25) is 0 Å². The van der Waals surface area contributed by atoms with Crippen LogP contribution < -0.4 is 10.1 Å². The lowest BCUT2D eigenvalue weighted by Crippen LogP contribution is -2.51. The number of nitrogens with one attached hydrogen (secondary N) is 1. The highest BCUT2D eigenvalue weighted by atomic mass is 19.1. The average molecular weight is 279 g/mol. The molecule has 2 aliphatic heterocycles. The number of hydrogen-bond acceptors (Lipinski definition) is 3. The lowest BCUT2D eigenvalue weighted by Gasteiger charge is -2.47. The number of benzene rings is 1. The minimum absolute atomic E-state index is 0.131. The fraction of sp³-hybridized carbons (Fsp3) is 0.625. The highest BCUT2D eigenvalue weighted by Crippen LogP contribution is 2.46. The van der Waals surface area contributed by atoms with E-state index in [0.717, 1.165) is 30.6 Å². The first-order valence-electron chi connectivity index (χ1n) is 7.32. The zero-order valence-electron chi connectivity index (χ0n) is 12.3. The first-order valence-corrected chi connectivity index (χ1v) is 7.32. The summed E-state index contributed by atoms with van der Waals surface area (Å²) in [5.41, 5.74) is 0.722. The van der Waals surface area contributed by atoms with E-state index in [-0.39, 0.29) is 29.7 Å². The molecule has 3 atom stereocenters. The second kappa shape index (κ2) is 5.01. The van der Waals surface area contributed by atoms with Crippen molar-refractivity contribution in [2.24, 2.45) is 0 Å². The van der Waals surface area contributed by atoms with Crippen molar-refractivity contribution in [3.05, 3.63) is 29.6 Å². The Morgan fingerprint density at radius 3 is 2.55 bits per heavy atom. The topological polar surface area (TPSA) is 30.5 Å². The Morgan fingerprint density at radius 1 is 1.20 bits per heavy atom. The molecule has 2 aliphatic rings. The van der Waals surface area contributed by atoms with E-state index in [0.29, 0.717) is 0 Å². The van der Waals surface area contributed by atoms with Crippen LogP contribution in [0.25, 0.3) is 0 Å². The van der Waals surface area contributed by atoms with E-state index in [1.165, 1.54) is 6.07 Å². The Balaban J connectivity index is 1.96. The van der Waals surface area contributed by atoms with Gasteiger partial charge in [-0.3, -0.25) is 0 Å². The zero-order chi connectivity index (χ0) is 14.3. The molecule has 1 spiro atoms. The van der Waals surface area contributed by atoms with Gasteiger partial charge in [0.2, 0.25) is 0 Å². The summed E-state index contributed by atoms with van der Waals surface area (Å²) < 4.78 is 25.6. The molecule has 1 saturated heterocycles. The molecule has 2 heterocycles. The predicted octanol–water partition coefficient (Wildman–Crippen LogP) is 3.19. The lowest BCUT2D eigenvalue weighted by molar-refractivity contribution is -0.130. The molecule has 1 aromatic rings. The monoisotopic (exact) mass is 279 g/mol. The van der Waals surface area contributed by atoms with Crippen molar-refractivity contribution in [3.8, 4) is 5.75 Å². The molecule has 0 amide bonds. The van der Waals surface area contributed by atoms with Crippen molar-refractivity contribution in [2.45, 2.75) is 57.0 Å². The fourth-order valence-electron chi connectivity index (χ4n) is 3.77. The van der Waals surface area contributed by atoms with Crippen molar-refractivity contribution >= 4 is 0 Å². The summed E-state index contributed by atoms with van der Waals surface area (Å²) in [5.74, 6) is 0.593. The summed E-state index contributed by atoms with van der Waals surface area (Å²) >= 11 is 0. The maximum atomic E-state index is 13.5. The molecule has 0 saturated carbocycles. The van der Waals surface area contributed by atoms with Crippen LogP contribution in [-0.2, 0) is 4.74 Å². The van der Waals surface area contributed by atoms with Gasteiger partial charge in [0, 0.05) is 30.9 Å². The van der Waals surface area contributed by atoms with E-state index < -0.39 is 0 Å². The minimum atomic E-state index is -0.211. The van der Waals surface area contributed by atoms with Crippen LogP contribution in [0.4, 0.5) is 4.39 Å². The molecule has 1 N–H and O–H groups in total. The second-order valence-corrected chi connectivity index (χ2v) is 6.18. The van der Waals surface area contributed by atoms with Crippen LogP contribution in [-0.4, -0.2) is 24.9 Å². The molecule has 1 aromatic carbocycles. The van der Waals surface area contributed by atoms with E-state index in [4.69, 9.17) is 9.47 Å². The molecule has 1 fully saturated rings. The molecule has 0 radical (unpaired) electrons. The van der Waals surface area contributed by atoms with Gasteiger partial charge in [-0.2, -0.15) is 0 Å². The maximum absolute atomic E-state index is 13.5. The number of halogens is 1. The first-order chi connectivity index (χ1) is 9.51. The molecular formula is C16H22FNO2. The Labute approximate surface area is 119 Å². The van der Waals surface area contributed by atoms with Crippen molar-refractivity contribution in [1.29, 1.82) is 0 Å². The van der Waals surface area contributed by atoms with E-state index in [1.807, 2.05) is 7.05 Å². The largest absolute Gasteiger partial charge is 0.487 e. The van der Waals surface area contributed by atoms with Crippen LogP contribution in [0.5, 0.6) is 5.75 Å². The molecule has 110 valence electrons. The van der Waals surface area contributed by atoms with Gasteiger partial charge in [0.25, 0.3) is 0 Å². The normalized spacial score (nSPS) is 36.5. The van der Waals surface area contributed by atoms with Gasteiger partial charge in [-0.1, -0.05) is 0 Å². The molecule has 3 rings (SSSR count). The molecule has 3 nitrogen and oxygen atoms in total. The van der Waals surface area contributed by atoms with E-state index in [2.05, 4.69) is 19.2 Å². The van der Waals surface area contributed by atoms with Crippen molar-refractivity contribution in [1.82, 2.24) is 5.32 Å². The average Bonchev–Trinajstić information content (AvgIpc) is 2.37. The van der Waals surface area contributed by atoms with Gasteiger partial charge in [0.1, 0.15) is 17.2 Å². The maximum Gasteiger partial charge on any atom is 0.125 e. The van der Waals surface area contributed by atoms with Crippen LogP contribution in [0.15, 0.2) is 18.2 Å². The predicted molar refractivity (Wildman–Crippen MR) is 75.4 cm³/mol. The van der Waals surface area contributed by atoms with Crippen LogP contribution in [0.1, 0.15) is 44.7 Å². The Morgan fingerprint density at radius 2 is 1.90 bits per heavy atom. The fourth-order valence-corrected chi connectivity index (χ4v) is 3.77. The highest BCUT2D eigenvalue weighted by molar-refractivity contribution is 5.39. The number of rotatable bonds is 1. The molecule has 20 heavy (non-hydrogen) atoms.